The van der Waals surface area contributed by atoms with Gasteiger partial charge in [0.2, 0.25) is 0 Å². The van der Waals surface area contributed by atoms with Gasteiger partial charge in [0.25, 0.3) is 0 Å². The Bertz CT molecular complexity index is 213. The molecule has 0 aromatic heterocycles. The molecule has 0 atom stereocenters. The number of nitrogens with zero attached hydrogens (tertiary/aromatic N) is 1. The number of amidine groups is 1. The van der Waals surface area contributed by atoms with Crippen LogP contribution in [0.3, 0.4) is 0 Å². The van der Waals surface area contributed by atoms with Crippen molar-refractivity contribution in [1.29, 1.82) is 0 Å². The Hall–Kier alpha value is -1.09. The highest BCUT2D eigenvalue weighted by Crippen LogP contribution is 2.10. The van der Waals surface area contributed by atoms with E-state index in [9.17, 15) is 0 Å². The van der Waals surface area contributed by atoms with Crippen LogP contribution in [0.15, 0.2) is 28.9 Å². The van der Waals surface area contributed by atoms with E-state index >= 15 is 0 Å². The van der Waals surface area contributed by atoms with Crippen molar-refractivity contribution in [1.82, 2.24) is 0 Å². The second-order valence-electron chi connectivity index (χ2n) is 2.48. The lowest BCUT2D eigenvalue weighted by molar-refractivity contribution is 1.01. The van der Waals surface area contributed by atoms with Gasteiger partial charge in [-0.15, -0.1) is 0 Å². The number of hydrogen-bond donors (Lipinski definition) is 2. The zero-order valence-corrected chi connectivity index (χ0v) is 6.46. The first kappa shape index (κ1) is 8.01. The molecule has 11 heavy (non-hydrogen) atoms. The van der Waals surface area contributed by atoms with Crippen molar-refractivity contribution in [3.63, 3.8) is 0 Å². The van der Waals surface area contributed by atoms with Gasteiger partial charge in [0.05, 0.1) is 0 Å². The maximum absolute atomic E-state index is 5.47. The van der Waals surface area contributed by atoms with E-state index in [1.807, 2.05) is 12.2 Å². The molecule has 1 rings (SSSR count). The molecule has 0 aromatic carbocycles. The quantitative estimate of drug-likeness (QED) is 0.618. The fourth-order valence-corrected chi connectivity index (χ4v) is 0.899. The van der Waals surface area contributed by atoms with Crippen LogP contribution in [0.5, 0.6) is 0 Å². The highest BCUT2D eigenvalue weighted by molar-refractivity contribution is 5.86. The summed E-state index contributed by atoms with van der Waals surface area (Å²) in [6, 6.07) is 0. The fourth-order valence-electron chi connectivity index (χ4n) is 0.899. The van der Waals surface area contributed by atoms with Crippen LogP contribution in [-0.4, -0.2) is 12.4 Å². The molecule has 3 heteroatoms. The Balaban J connectivity index is 2.31. The Kier molecular flexibility index (Phi) is 2.86. The minimum absolute atomic E-state index is 0.692. The van der Waals surface area contributed by atoms with E-state index < -0.39 is 0 Å². The number of hydrogen-bond acceptors (Lipinski definition) is 3. The van der Waals surface area contributed by atoms with Crippen LogP contribution in [0.1, 0.15) is 12.8 Å². The summed E-state index contributed by atoms with van der Waals surface area (Å²) in [7, 11) is 0. The molecule has 1 aliphatic heterocycles. The topological polar surface area (TPSA) is 64.4 Å². The standard InChI is InChI=1S/C8H13N3/c9-4-2-1-3-7-5-8(10)11-6-7/h1,3,6H,2,4-5,9H2,(H2,10,11)/b3-1+. The highest BCUT2D eigenvalue weighted by Gasteiger charge is 2.01. The van der Waals surface area contributed by atoms with Gasteiger partial charge in [-0.3, -0.25) is 0 Å². The van der Waals surface area contributed by atoms with Crippen LogP contribution in [0.2, 0.25) is 0 Å². The van der Waals surface area contributed by atoms with Gasteiger partial charge in [-0.1, -0.05) is 12.2 Å². The van der Waals surface area contributed by atoms with Gasteiger partial charge in [0.15, 0.2) is 0 Å². The van der Waals surface area contributed by atoms with Gasteiger partial charge < -0.3 is 11.5 Å². The zero-order valence-electron chi connectivity index (χ0n) is 6.46. The normalized spacial score (nSPS) is 17.2. The highest BCUT2D eigenvalue weighted by atomic mass is 14.9. The minimum Gasteiger partial charge on any atom is -0.387 e. The summed E-state index contributed by atoms with van der Waals surface area (Å²) in [6.45, 7) is 0.695. The van der Waals surface area contributed by atoms with E-state index in [-0.39, 0.29) is 0 Å². The third-order valence-electron chi connectivity index (χ3n) is 1.45. The summed E-state index contributed by atoms with van der Waals surface area (Å²) in [5, 5.41) is 0. The first-order valence-corrected chi connectivity index (χ1v) is 3.70. The molecule has 0 fully saturated rings. The van der Waals surface area contributed by atoms with Crippen molar-refractivity contribution in [2.45, 2.75) is 12.8 Å². The van der Waals surface area contributed by atoms with Crippen LogP contribution in [0, 0.1) is 0 Å². The molecule has 0 aliphatic carbocycles. The molecule has 0 radical (unpaired) electrons. The van der Waals surface area contributed by atoms with Crippen molar-refractivity contribution < 1.29 is 0 Å². The van der Waals surface area contributed by atoms with Gasteiger partial charge in [-0.05, 0) is 18.5 Å². The van der Waals surface area contributed by atoms with E-state index in [0.29, 0.717) is 12.4 Å². The Morgan fingerprint density at radius 1 is 1.64 bits per heavy atom. The third kappa shape index (κ3) is 2.55. The molecule has 0 aromatic rings. The number of nitrogens with two attached hydrogens (primary N) is 2. The Morgan fingerprint density at radius 2 is 2.45 bits per heavy atom. The van der Waals surface area contributed by atoms with Gasteiger partial charge in [-0.2, -0.15) is 0 Å². The molecule has 1 heterocycles. The molecule has 60 valence electrons. The second kappa shape index (κ2) is 3.93. The maximum atomic E-state index is 5.47. The maximum Gasteiger partial charge on any atom is 0.103 e. The van der Waals surface area contributed by atoms with Crippen molar-refractivity contribution in [3.8, 4) is 0 Å². The Morgan fingerprint density at radius 3 is 3.00 bits per heavy atom. The van der Waals surface area contributed by atoms with E-state index in [1.54, 1.807) is 6.20 Å². The van der Waals surface area contributed by atoms with Crippen LogP contribution >= 0.6 is 0 Å². The average Bonchev–Trinajstić information content (AvgIpc) is 2.37. The summed E-state index contributed by atoms with van der Waals surface area (Å²) in [5.41, 5.74) is 11.9. The van der Waals surface area contributed by atoms with E-state index in [4.69, 9.17) is 11.5 Å². The molecule has 1 aliphatic rings. The molecule has 0 unspecified atom stereocenters. The van der Waals surface area contributed by atoms with E-state index in [0.717, 1.165) is 18.4 Å². The van der Waals surface area contributed by atoms with Crippen LogP contribution in [0.4, 0.5) is 0 Å². The Labute approximate surface area is 66.5 Å². The van der Waals surface area contributed by atoms with Gasteiger partial charge >= 0.3 is 0 Å². The van der Waals surface area contributed by atoms with E-state index in [1.165, 1.54) is 0 Å². The van der Waals surface area contributed by atoms with Crippen molar-refractivity contribution in [2.75, 3.05) is 6.54 Å². The van der Waals surface area contributed by atoms with Gasteiger partial charge in [-0.25, -0.2) is 4.99 Å². The molecular formula is C8H13N3. The predicted octanol–water partition coefficient (Wildman–Crippen LogP) is 0.536. The largest absolute Gasteiger partial charge is 0.387 e. The summed E-state index contributed by atoms with van der Waals surface area (Å²) in [5.74, 6) is 0.692. The molecule has 0 bridgehead atoms. The molecule has 3 nitrogen and oxygen atoms in total. The van der Waals surface area contributed by atoms with E-state index in [2.05, 4.69) is 4.99 Å². The molecule has 0 saturated carbocycles. The SMILES string of the molecule is NCC/C=C/C1=CN=C(N)C1. The lowest BCUT2D eigenvalue weighted by atomic mass is 10.2. The summed E-state index contributed by atoms with van der Waals surface area (Å²) in [6.07, 6.45) is 7.55. The van der Waals surface area contributed by atoms with Gasteiger partial charge in [0.1, 0.15) is 5.84 Å². The zero-order chi connectivity index (χ0) is 8.10. The smallest absolute Gasteiger partial charge is 0.103 e. The number of allylic oxidation sites excluding steroid dienone is 1. The second-order valence-corrected chi connectivity index (χ2v) is 2.48. The van der Waals surface area contributed by atoms with Crippen LogP contribution < -0.4 is 11.5 Å². The third-order valence-corrected chi connectivity index (χ3v) is 1.45. The minimum atomic E-state index is 0.692. The molecule has 4 N–H and O–H groups in total. The van der Waals surface area contributed by atoms with Crippen molar-refractivity contribution >= 4 is 5.84 Å². The molecule has 0 spiro atoms. The first-order valence-electron chi connectivity index (χ1n) is 3.70. The average molecular weight is 151 g/mol. The number of rotatable bonds is 3. The summed E-state index contributed by atoms with van der Waals surface area (Å²) >= 11 is 0. The van der Waals surface area contributed by atoms with Gasteiger partial charge in [0, 0.05) is 12.6 Å². The lowest BCUT2D eigenvalue weighted by Crippen LogP contribution is -2.07. The van der Waals surface area contributed by atoms with Crippen molar-refractivity contribution in [2.24, 2.45) is 16.5 Å². The van der Waals surface area contributed by atoms with Crippen molar-refractivity contribution in [3.05, 3.63) is 23.9 Å². The lowest BCUT2D eigenvalue weighted by Gasteiger charge is -1.90. The molecular weight excluding hydrogens is 138 g/mol. The molecule has 0 amide bonds. The number of aliphatic imine (C=N–C) groups is 1. The first-order chi connectivity index (χ1) is 5.33. The monoisotopic (exact) mass is 151 g/mol. The summed E-state index contributed by atoms with van der Waals surface area (Å²) in [4.78, 5) is 3.95. The predicted molar refractivity (Wildman–Crippen MR) is 47.1 cm³/mol. The van der Waals surface area contributed by atoms with Crippen LogP contribution in [0.25, 0.3) is 0 Å². The van der Waals surface area contributed by atoms with Crippen LogP contribution in [-0.2, 0) is 0 Å². The fraction of sp³-hybridized carbons (Fsp3) is 0.375. The summed E-state index contributed by atoms with van der Waals surface area (Å²) < 4.78 is 0. The molecule has 0 saturated heterocycles.